The minimum absolute atomic E-state index is 0.544. The first-order chi connectivity index (χ1) is 7.26. The van der Waals surface area contributed by atoms with E-state index >= 15 is 0 Å². The zero-order valence-electron chi connectivity index (χ0n) is 9.40. The van der Waals surface area contributed by atoms with Gasteiger partial charge in [-0.15, -0.1) is 0 Å². The average molecular weight is 222 g/mol. The smallest absolute Gasteiger partial charge is 0.224 e. The van der Waals surface area contributed by atoms with Crippen LogP contribution in [-0.4, -0.2) is 23.5 Å². The average Bonchev–Trinajstić information content (AvgIpc) is 2.27. The second kappa shape index (κ2) is 6.43. The molecule has 0 N–H and O–H groups in total. The van der Waals surface area contributed by atoms with Crippen molar-refractivity contribution in [2.45, 2.75) is 12.5 Å². The van der Waals surface area contributed by atoms with Crippen LogP contribution in [0.5, 0.6) is 5.75 Å². The van der Waals surface area contributed by atoms with Crippen LogP contribution in [0, 0.1) is 0 Å². The predicted octanol–water partition coefficient (Wildman–Crippen LogP) is 2.25. The van der Waals surface area contributed by atoms with Crippen LogP contribution in [0.3, 0.4) is 0 Å². The van der Waals surface area contributed by atoms with Crippen LogP contribution in [0.2, 0.25) is 5.54 Å². The summed E-state index contributed by atoms with van der Waals surface area (Å²) in [6.45, 7) is 6.68. The van der Waals surface area contributed by atoms with Crippen molar-refractivity contribution in [3.05, 3.63) is 36.4 Å². The van der Waals surface area contributed by atoms with E-state index < -0.39 is 9.76 Å². The summed E-state index contributed by atoms with van der Waals surface area (Å²) in [6.07, 6.45) is 1.83. The van der Waals surface area contributed by atoms with E-state index in [-0.39, 0.29) is 0 Å². The third-order valence-corrected chi connectivity index (χ3v) is 3.38. The quantitative estimate of drug-likeness (QED) is 0.687. The Balaban J connectivity index is 2.46. The van der Waals surface area contributed by atoms with Crippen LogP contribution >= 0.6 is 0 Å². The topological polar surface area (TPSA) is 18.5 Å². The Labute approximate surface area is 93.9 Å². The monoisotopic (exact) mass is 222 g/mol. The van der Waals surface area contributed by atoms with Crippen LogP contribution in [0.1, 0.15) is 12.5 Å². The molecule has 0 heterocycles. The minimum atomic E-state index is -0.557. The standard InChI is InChI=1S/C12H18O2Si/c1-4-11-6-5-7-12(8-11)14-15-10(2)9-13-3/h4-8,10H,1,9,15H2,2-3H3. The molecule has 1 unspecified atom stereocenters. The molecule has 1 atom stereocenters. The summed E-state index contributed by atoms with van der Waals surface area (Å²) in [7, 11) is 1.17. The van der Waals surface area contributed by atoms with Gasteiger partial charge in [-0.25, -0.2) is 0 Å². The summed E-state index contributed by atoms with van der Waals surface area (Å²) in [5, 5.41) is 0. The van der Waals surface area contributed by atoms with E-state index in [1.807, 2.05) is 30.3 Å². The third kappa shape index (κ3) is 4.32. The minimum Gasteiger partial charge on any atom is -0.549 e. The Bertz CT molecular complexity index is 312. The van der Waals surface area contributed by atoms with E-state index in [0.29, 0.717) is 5.54 Å². The molecular formula is C12H18O2Si. The predicted molar refractivity (Wildman–Crippen MR) is 67.0 cm³/mol. The van der Waals surface area contributed by atoms with E-state index in [9.17, 15) is 0 Å². The second-order valence-electron chi connectivity index (χ2n) is 3.65. The number of methoxy groups -OCH3 is 1. The van der Waals surface area contributed by atoms with Crippen molar-refractivity contribution in [2.75, 3.05) is 13.7 Å². The molecule has 15 heavy (non-hydrogen) atoms. The van der Waals surface area contributed by atoms with Crippen LogP contribution in [-0.2, 0) is 4.74 Å². The first-order valence-corrected chi connectivity index (χ1v) is 6.50. The van der Waals surface area contributed by atoms with E-state index in [4.69, 9.17) is 9.16 Å². The molecule has 1 aromatic rings. The lowest BCUT2D eigenvalue weighted by Gasteiger charge is -2.11. The highest BCUT2D eigenvalue weighted by molar-refractivity contribution is 6.30. The van der Waals surface area contributed by atoms with Gasteiger partial charge in [0.05, 0.1) is 0 Å². The molecule has 3 heteroatoms. The van der Waals surface area contributed by atoms with Crippen molar-refractivity contribution in [1.82, 2.24) is 0 Å². The molecule has 0 aliphatic heterocycles. The molecule has 2 nitrogen and oxygen atoms in total. The molecule has 0 spiro atoms. The number of ether oxygens (including phenoxy) is 1. The number of hydrogen-bond acceptors (Lipinski definition) is 2. The molecule has 0 aliphatic carbocycles. The van der Waals surface area contributed by atoms with Crippen LogP contribution < -0.4 is 4.43 Å². The van der Waals surface area contributed by atoms with Crippen LogP contribution in [0.25, 0.3) is 6.08 Å². The first kappa shape index (κ1) is 12.0. The highest BCUT2D eigenvalue weighted by atomic mass is 28.2. The van der Waals surface area contributed by atoms with Crippen molar-refractivity contribution < 1.29 is 9.16 Å². The Kier molecular flexibility index (Phi) is 5.14. The van der Waals surface area contributed by atoms with Gasteiger partial charge in [-0.05, 0) is 17.7 Å². The van der Waals surface area contributed by atoms with Crippen molar-refractivity contribution in [1.29, 1.82) is 0 Å². The summed E-state index contributed by atoms with van der Waals surface area (Å²) in [6, 6.07) is 8.00. The number of hydrogen-bond donors (Lipinski definition) is 0. The van der Waals surface area contributed by atoms with E-state index in [2.05, 4.69) is 13.5 Å². The van der Waals surface area contributed by atoms with Crippen molar-refractivity contribution in [2.24, 2.45) is 0 Å². The zero-order chi connectivity index (χ0) is 11.1. The summed E-state index contributed by atoms with van der Waals surface area (Å²) in [4.78, 5) is 0. The number of benzene rings is 1. The highest BCUT2D eigenvalue weighted by Crippen LogP contribution is 2.15. The van der Waals surface area contributed by atoms with Gasteiger partial charge >= 0.3 is 0 Å². The van der Waals surface area contributed by atoms with E-state index in [1.165, 1.54) is 0 Å². The summed E-state index contributed by atoms with van der Waals surface area (Å²) >= 11 is 0. The molecule has 0 aliphatic rings. The van der Waals surface area contributed by atoms with Gasteiger partial charge in [0.2, 0.25) is 9.76 Å². The molecule has 0 aromatic heterocycles. The van der Waals surface area contributed by atoms with Gasteiger partial charge in [0.15, 0.2) is 0 Å². The van der Waals surface area contributed by atoms with E-state index in [0.717, 1.165) is 17.9 Å². The Morgan fingerprint density at radius 1 is 1.53 bits per heavy atom. The fourth-order valence-corrected chi connectivity index (χ4v) is 2.29. The maximum Gasteiger partial charge on any atom is 0.224 e. The Morgan fingerprint density at radius 2 is 2.33 bits per heavy atom. The fraction of sp³-hybridized carbons (Fsp3) is 0.333. The van der Waals surface area contributed by atoms with E-state index in [1.54, 1.807) is 7.11 Å². The molecule has 1 rings (SSSR count). The van der Waals surface area contributed by atoms with Crippen molar-refractivity contribution >= 4 is 15.8 Å². The van der Waals surface area contributed by atoms with Gasteiger partial charge in [0, 0.05) is 19.3 Å². The highest BCUT2D eigenvalue weighted by Gasteiger charge is 2.03. The lowest BCUT2D eigenvalue weighted by molar-refractivity contribution is 0.196. The first-order valence-electron chi connectivity index (χ1n) is 5.10. The SMILES string of the molecule is C=Cc1cccc(O[SiH2]C(C)COC)c1. The lowest BCUT2D eigenvalue weighted by Crippen LogP contribution is -2.12. The third-order valence-electron chi connectivity index (χ3n) is 2.08. The Hall–Kier alpha value is -1.06. The molecule has 0 saturated carbocycles. The molecule has 0 amide bonds. The molecule has 0 bridgehead atoms. The largest absolute Gasteiger partial charge is 0.549 e. The van der Waals surface area contributed by atoms with Gasteiger partial charge in [-0.2, -0.15) is 0 Å². The molecule has 0 saturated heterocycles. The van der Waals surface area contributed by atoms with Crippen LogP contribution in [0.4, 0.5) is 0 Å². The van der Waals surface area contributed by atoms with Gasteiger partial charge in [0.25, 0.3) is 0 Å². The summed E-state index contributed by atoms with van der Waals surface area (Å²) in [5.74, 6) is 0.946. The maximum absolute atomic E-state index is 5.77. The molecular weight excluding hydrogens is 204 g/mol. The summed E-state index contributed by atoms with van der Waals surface area (Å²) < 4.78 is 10.8. The molecule has 0 fully saturated rings. The van der Waals surface area contributed by atoms with Gasteiger partial charge in [-0.3, -0.25) is 0 Å². The van der Waals surface area contributed by atoms with Gasteiger partial charge in [-0.1, -0.05) is 31.7 Å². The van der Waals surface area contributed by atoms with Crippen LogP contribution in [0.15, 0.2) is 30.8 Å². The molecule has 1 aromatic carbocycles. The number of rotatable bonds is 6. The maximum atomic E-state index is 5.77. The van der Waals surface area contributed by atoms with Gasteiger partial charge in [0.1, 0.15) is 5.75 Å². The Morgan fingerprint density at radius 3 is 3.00 bits per heavy atom. The molecule has 0 radical (unpaired) electrons. The molecule has 82 valence electrons. The normalized spacial score (nSPS) is 12.9. The zero-order valence-corrected chi connectivity index (χ0v) is 10.8. The summed E-state index contributed by atoms with van der Waals surface area (Å²) in [5.41, 5.74) is 1.64. The second-order valence-corrected chi connectivity index (χ2v) is 5.66. The lowest BCUT2D eigenvalue weighted by atomic mass is 10.2. The van der Waals surface area contributed by atoms with Gasteiger partial charge < -0.3 is 9.16 Å². The van der Waals surface area contributed by atoms with Crippen molar-refractivity contribution in [3.8, 4) is 5.75 Å². The fourth-order valence-electron chi connectivity index (χ4n) is 1.30. The van der Waals surface area contributed by atoms with Crippen molar-refractivity contribution in [3.63, 3.8) is 0 Å².